The number of ether oxygens (including phenoxy) is 1. The summed E-state index contributed by atoms with van der Waals surface area (Å²) in [5.41, 5.74) is 3.15. The highest BCUT2D eigenvalue weighted by atomic mass is 127. The van der Waals surface area contributed by atoms with Crippen LogP contribution in [0.15, 0.2) is 46.1 Å². The Balaban J connectivity index is 1.79. The zero-order chi connectivity index (χ0) is 16.7. The van der Waals surface area contributed by atoms with Gasteiger partial charge in [-0.15, -0.1) is 0 Å². The molecule has 2 rings (SSSR count). The molecule has 8 heteroatoms. The summed E-state index contributed by atoms with van der Waals surface area (Å²) in [6.07, 6.45) is 2.89. The summed E-state index contributed by atoms with van der Waals surface area (Å²) in [6, 6.07) is 8.60. The Labute approximate surface area is 146 Å². The summed E-state index contributed by atoms with van der Waals surface area (Å²) in [6.45, 7) is -0.197. The zero-order valence-corrected chi connectivity index (χ0v) is 14.4. The van der Waals surface area contributed by atoms with Gasteiger partial charge in [-0.3, -0.25) is 9.59 Å². The van der Waals surface area contributed by atoms with E-state index in [-0.39, 0.29) is 12.3 Å². The lowest BCUT2D eigenvalue weighted by atomic mass is 10.2. The maximum Gasteiger partial charge on any atom is 0.287 e. The monoisotopic (exact) mass is 427 g/mol. The molecule has 1 heterocycles. The van der Waals surface area contributed by atoms with Gasteiger partial charge in [0.05, 0.1) is 29.7 Å². The van der Waals surface area contributed by atoms with E-state index in [0.29, 0.717) is 0 Å². The van der Waals surface area contributed by atoms with Crippen molar-refractivity contribution in [1.29, 1.82) is 0 Å². The van der Waals surface area contributed by atoms with Gasteiger partial charge in [-0.25, -0.2) is 5.43 Å². The molecule has 0 aliphatic heterocycles. The molecule has 0 fully saturated rings. The molecule has 0 saturated heterocycles. The SMILES string of the molecule is COc1ccc(C=NNC(=O)CNC(=O)c2ccco2)cc1I. The number of carbonyl (C=O) groups excluding carboxylic acids is 2. The van der Waals surface area contributed by atoms with Crippen molar-refractivity contribution in [3.63, 3.8) is 0 Å². The minimum atomic E-state index is -0.459. The molecule has 7 nitrogen and oxygen atoms in total. The maximum atomic E-state index is 11.6. The molecule has 2 amide bonds. The Bertz CT molecular complexity index is 714. The van der Waals surface area contributed by atoms with E-state index in [4.69, 9.17) is 9.15 Å². The number of carbonyl (C=O) groups is 2. The smallest absolute Gasteiger partial charge is 0.287 e. The van der Waals surface area contributed by atoms with Crippen LogP contribution in [-0.2, 0) is 4.79 Å². The zero-order valence-electron chi connectivity index (χ0n) is 12.2. The number of hydrogen-bond donors (Lipinski definition) is 2. The molecule has 0 spiro atoms. The molecule has 0 saturated carbocycles. The number of nitrogens with zero attached hydrogens (tertiary/aromatic N) is 1. The number of amides is 2. The molecule has 1 aromatic heterocycles. The van der Waals surface area contributed by atoms with Crippen LogP contribution in [0.25, 0.3) is 0 Å². The third kappa shape index (κ3) is 5.09. The van der Waals surface area contributed by atoms with Crippen LogP contribution in [0.5, 0.6) is 5.75 Å². The first-order valence-corrected chi connectivity index (χ1v) is 7.65. The van der Waals surface area contributed by atoms with Crippen molar-refractivity contribution < 1.29 is 18.7 Å². The van der Waals surface area contributed by atoms with E-state index in [0.717, 1.165) is 14.9 Å². The van der Waals surface area contributed by atoms with E-state index in [9.17, 15) is 9.59 Å². The number of nitrogens with one attached hydrogen (secondary N) is 2. The largest absolute Gasteiger partial charge is 0.496 e. The van der Waals surface area contributed by atoms with E-state index < -0.39 is 11.8 Å². The molecular weight excluding hydrogens is 413 g/mol. The predicted octanol–water partition coefficient (Wildman–Crippen LogP) is 1.77. The van der Waals surface area contributed by atoms with Crippen molar-refractivity contribution in [1.82, 2.24) is 10.7 Å². The summed E-state index contributed by atoms with van der Waals surface area (Å²) in [7, 11) is 1.60. The molecule has 0 atom stereocenters. The predicted molar refractivity (Wildman–Crippen MR) is 92.5 cm³/mol. The number of furan rings is 1. The van der Waals surface area contributed by atoms with Gasteiger partial charge in [0.2, 0.25) is 0 Å². The average Bonchev–Trinajstić information content (AvgIpc) is 3.07. The van der Waals surface area contributed by atoms with E-state index in [2.05, 4.69) is 38.4 Å². The lowest BCUT2D eigenvalue weighted by Gasteiger charge is -2.03. The molecule has 0 aliphatic carbocycles. The first-order valence-electron chi connectivity index (χ1n) is 6.57. The van der Waals surface area contributed by atoms with Crippen LogP contribution >= 0.6 is 22.6 Å². The molecule has 0 radical (unpaired) electrons. The van der Waals surface area contributed by atoms with Crippen molar-refractivity contribution >= 4 is 40.6 Å². The Morgan fingerprint density at radius 2 is 2.22 bits per heavy atom. The van der Waals surface area contributed by atoms with Gasteiger partial charge in [0, 0.05) is 0 Å². The number of hydrogen-bond acceptors (Lipinski definition) is 5. The fraction of sp³-hybridized carbons (Fsp3) is 0.133. The van der Waals surface area contributed by atoms with Crippen molar-refractivity contribution in [2.75, 3.05) is 13.7 Å². The van der Waals surface area contributed by atoms with Crippen LogP contribution in [0.2, 0.25) is 0 Å². The highest BCUT2D eigenvalue weighted by Crippen LogP contribution is 2.20. The number of methoxy groups -OCH3 is 1. The fourth-order valence-corrected chi connectivity index (χ4v) is 2.40. The van der Waals surface area contributed by atoms with Crippen molar-refractivity contribution in [3.05, 3.63) is 51.5 Å². The molecule has 0 aliphatic rings. The molecule has 0 unspecified atom stereocenters. The second-order valence-electron chi connectivity index (χ2n) is 4.35. The van der Waals surface area contributed by atoms with Crippen LogP contribution in [0.4, 0.5) is 0 Å². The van der Waals surface area contributed by atoms with Gasteiger partial charge >= 0.3 is 0 Å². The van der Waals surface area contributed by atoms with Gasteiger partial charge in [0.15, 0.2) is 5.76 Å². The Morgan fingerprint density at radius 1 is 1.39 bits per heavy atom. The summed E-state index contributed by atoms with van der Waals surface area (Å²) in [5, 5.41) is 6.26. The number of halogens is 1. The van der Waals surface area contributed by atoms with Gasteiger partial charge in [-0.05, 0) is 58.5 Å². The molecular formula is C15H14IN3O4. The number of hydrazone groups is 1. The minimum Gasteiger partial charge on any atom is -0.496 e. The van der Waals surface area contributed by atoms with Gasteiger partial charge in [-0.1, -0.05) is 0 Å². The summed E-state index contributed by atoms with van der Waals surface area (Å²) in [5.74, 6) is 0.0183. The van der Waals surface area contributed by atoms with Crippen molar-refractivity contribution in [2.45, 2.75) is 0 Å². The fourth-order valence-electron chi connectivity index (χ4n) is 1.64. The van der Waals surface area contributed by atoms with E-state index in [1.165, 1.54) is 18.5 Å². The average molecular weight is 427 g/mol. The number of rotatable bonds is 6. The third-order valence-electron chi connectivity index (χ3n) is 2.73. The first kappa shape index (κ1) is 17.0. The molecule has 2 aromatic rings. The Hall–Kier alpha value is -2.36. The molecule has 23 heavy (non-hydrogen) atoms. The Kier molecular flexibility index (Phi) is 6.15. The minimum absolute atomic E-state index is 0.147. The van der Waals surface area contributed by atoms with Gasteiger partial charge < -0.3 is 14.5 Å². The number of benzene rings is 1. The Morgan fingerprint density at radius 3 is 2.87 bits per heavy atom. The summed E-state index contributed by atoms with van der Waals surface area (Å²) < 4.78 is 11.0. The highest BCUT2D eigenvalue weighted by Gasteiger charge is 2.09. The highest BCUT2D eigenvalue weighted by molar-refractivity contribution is 14.1. The molecule has 2 N–H and O–H groups in total. The second kappa shape index (κ2) is 8.32. The summed E-state index contributed by atoms with van der Waals surface area (Å²) >= 11 is 2.15. The van der Waals surface area contributed by atoms with Crippen LogP contribution in [0, 0.1) is 3.57 Å². The van der Waals surface area contributed by atoms with Crippen LogP contribution < -0.4 is 15.5 Å². The van der Waals surface area contributed by atoms with E-state index >= 15 is 0 Å². The van der Waals surface area contributed by atoms with Crippen LogP contribution in [-0.4, -0.2) is 31.7 Å². The van der Waals surface area contributed by atoms with Crippen molar-refractivity contribution in [3.8, 4) is 5.75 Å². The third-order valence-corrected chi connectivity index (χ3v) is 3.58. The second-order valence-corrected chi connectivity index (χ2v) is 5.51. The molecule has 1 aromatic carbocycles. The lowest BCUT2D eigenvalue weighted by Crippen LogP contribution is -2.34. The van der Waals surface area contributed by atoms with Gasteiger partial charge in [0.25, 0.3) is 11.8 Å². The van der Waals surface area contributed by atoms with E-state index in [1.54, 1.807) is 13.2 Å². The van der Waals surface area contributed by atoms with Gasteiger partial charge in [-0.2, -0.15) is 5.10 Å². The van der Waals surface area contributed by atoms with Crippen LogP contribution in [0.3, 0.4) is 0 Å². The van der Waals surface area contributed by atoms with Crippen LogP contribution in [0.1, 0.15) is 16.1 Å². The molecule has 120 valence electrons. The molecule has 0 bridgehead atoms. The first-order chi connectivity index (χ1) is 11.1. The topological polar surface area (TPSA) is 92.9 Å². The van der Waals surface area contributed by atoms with E-state index in [1.807, 2.05) is 18.2 Å². The lowest BCUT2D eigenvalue weighted by molar-refractivity contribution is -0.120. The normalized spacial score (nSPS) is 10.5. The standard InChI is InChI=1S/C15H14IN3O4/c1-22-12-5-4-10(7-11(12)16)8-18-19-14(20)9-17-15(21)13-3-2-6-23-13/h2-8H,9H2,1H3,(H,17,21)(H,19,20). The van der Waals surface area contributed by atoms with Crippen molar-refractivity contribution in [2.24, 2.45) is 5.10 Å². The quantitative estimate of drug-likeness (QED) is 0.418. The van der Waals surface area contributed by atoms with Gasteiger partial charge in [0.1, 0.15) is 5.75 Å². The summed E-state index contributed by atoms with van der Waals surface area (Å²) in [4.78, 5) is 23.2. The maximum absolute atomic E-state index is 11.6.